The van der Waals surface area contributed by atoms with E-state index in [4.69, 9.17) is 4.74 Å². The molecule has 0 saturated carbocycles. The standard InChI is InChI=1S/C26H21NO5/c1-16-7-11-18(12-8-16)23(29)24(19-13-9-17(2)10-14-19)32-22(28)15-27-25(30)20-5-3-4-6-21(20)26(27)31/h3-14,24H,15H2,1-2H3. The van der Waals surface area contributed by atoms with Crippen LogP contribution in [0.2, 0.25) is 0 Å². The summed E-state index contributed by atoms with van der Waals surface area (Å²) in [6.45, 7) is 3.25. The van der Waals surface area contributed by atoms with Crippen LogP contribution in [0.4, 0.5) is 0 Å². The van der Waals surface area contributed by atoms with Crippen LogP contribution in [-0.4, -0.2) is 35.0 Å². The Kier molecular flexibility index (Phi) is 5.69. The van der Waals surface area contributed by atoms with E-state index in [1.54, 1.807) is 48.5 Å². The summed E-state index contributed by atoms with van der Waals surface area (Å²) in [6.07, 6.45) is -1.19. The number of Topliss-reactive ketones (excluding diaryl/α,β-unsaturated/α-hetero) is 1. The summed E-state index contributed by atoms with van der Waals surface area (Å²) < 4.78 is 5.55. The van der Waals surface area contributed by atoms with Gasteiger partial charge < -0.3 is 4.74 Å². The number of hydrogen-bond acceptors (Lipinski definition) is 5. The first-order valence-corrected chi connectivity index (χ1v) is 10.2. The number of imide groups is 1. The molecule has 1 unspecified atom stereocenters. The molecular formula is C26H21NO5. The fourth-order valence-corrected chi connectivity index (χ4v) is 3.56. The molecule has 1 heterocycles. The molecule has 6 nitrogen and oxygen atoms in total. The van der Waals surface area contributed by atoms with Crippen LogP contribution in [0.25, 0.3) is 0 Å². The number of carbonyl (C=O) groups is 4. The molecule has 32 heavy (non-hydrogen) atoms. The molecule has 3 aromatic carbocycles. The van der Waals surface area contributed by atoms with Gasteiger partial charge in [-0.1, -0.05) is 71.8 Å². The van der Waals surface area contributed by atoms with E-state index in [2.05, 4.69) is 0 Å². The Morgan fingerprint density at radius 2 is 1.28 bits per heavy atom. The minimum absolute atomic E-state index is 0.246. The molecule has 4 rings (SSSR count). The van der Waals surface area contributed by atoms with Gasteiger partial charge in [-0.3, -0.25) is 24.1 Å². The maximum atomic E-state index is 13.2. The monoisotopic (exact) mass is 427 g/mol. The van der Waals surface area contributed by atoms with Crippen molar-refractivity contribution in [1.82, 2.24) is 4.90 Å². The fraction of sp³-hybridized carbons (Fsp3) is 0.154. The zero-order valence-corrected chi connectivity index (χ0v) is 17.7. The molecule has 0 bridgehead atoms. The van der Waals surface area contributed by atoms with Gasteiger partial charge in [0.15, 0.2) is 6.10 Å². The number of carbonyl (C=O) groups excluding carboxylic acids is 4. The summed E-state index contributed by atoms with van der Waals surface area (Å²) in [5.41, 5.74) is 3.39. The van der Waals surface area contributed by atoms with Gasteiger partial charge in [-0.05, 0) is 26.0 Å². The van der Waals surface area contributed by atoms with E-state index >= 15 is 0 Å². The second kappa shape index (κ2) is 8.59. The number of amides is 2. The third-order valence-corrected chi connectivity index (χ3v) is 5.37. The first-order chi connectivity index (χ1) is 15.3. The molecule has 0 aromatic heterocycles. The van der Waals surface area contributed by atoms with E-state index in [-0.39, 0.29) is 16.9 Å². The number of benzene rings is 3. The van der Waals surface area contributed by atoms with Crippen LogP contribution in [0.3, 0.4) is 0 Å². The molecule has 1 aliphatic heterocycles. The van der Waals surface area contributed by atoms with Gasteiger partial charge in [-0.25, -0.2) is 0 Å². The zero-order chi connectivity index (χ0) is 22.8. The maximum Gasteiger partial charge on any atom is 0.327 e. The van der Waals surface area contributed by atoms with Crippen molar-refractivity contribution < 1.29 is 23.9 Å². The van der Waals surface area contributed by atoms with Gasteiger partial charge in [0.2, 0.25) is 5.78 Å². The quantitative estimate of drug-likeness (QED) is 0.337. The lowest BCUT2D eigenvalue weighted by Gasteiger charge is -2.20. The summed E-state index contributed by atoms with van der Waals surface area (Å²) in [7, 11) is 0. The largest absolute Gasteiger partial charge is 0.448 e. The average Bonchev–Trinajstić information content (AvgIpc) is 3.03. The Hall–Kier alpha value is -4.06. The van der Waals surface area contributed by atoms with E-state index < -0.39 is 30.4 Å². The van der Waals surface area contributed by atoms with Crippen LogP contribution < -0.4 is 0 Å². The number of hydrogen-bond donors (Lipinski definition) is 0. The van der Waals surface area contributed by atoms with Crippen LogP contribution in [0.15, 0.2) is 72.8 Å². The number of ketones is 1. The molecule has 2 amide bonds. The van der Waals surface area contributed by atoms with E-state index in [0.717, 1.165) is 16.0 Å². The summed E-state index contributed by atoms with van der Waals surface area (Å²) >= 11 is 0. The number of aryl methyl sites for hydroxylation is 2. The fourth-order valence-electron chi connectivity index (χ4n) is 3.56. The Morgan fingerprint density at radius 1 is 0.781 bits per heavy atom. The number of esters is 1. The minimum Gasteiger partial charge on any atom is -0.448 e. The molecule has 0 spiro atoms. The second-order valence-corrected chi connectivity index (χ2v) is 7.75. The molecule has 0 saturated heterocycles. The van der Waals surface area contributed by atoms with Crippen molar-refractivity contribution in [2.45, 2.75) is 20.0 Å². The van der Waals surface area contributed by atoms with Crippen LogP contribution in [-0.2, 0) is 9.53 Å². The highest BCUT2D eigenvalue weighted by molar-refractivity contribution is 6.22. The highest BCUT2D eigenvalue weighted by atomic mass is 16.5. The molecule has 3 aromatic rings. The topological polar surface area (TPSA) is 80.8 Å². The molecular weight excluding hydrogens is 406 g/mol. The lowest BCUT2D eigenvalue weighted by molar-refractivity contribution is -0.147. The van der Waals surface area contributed by atoms with Crippen molar-refractivity contribution in [3.63, 3.8) is 0 Å². The van der Waals surface area contributed by atoms with E-state index in [1.807, 2.05) is 26.0 Å². The predicted octanol–water partition coefficient (Wildman–Crippen LogP) is 4.07. The van der Waals surface area contributed by atoms with Crippen molar-refractivity contribution in [3.8, 4) is 0 Å². The molecule has 0 fully saturated rings. The normalized spacial score (nSPS) is 13.6. The maximum absolute atomic E-state index is 13.2. The van der Waals surface area contributed by atoms with Gasteiger partial charge in [0.25, 0.3) is 11.8 Å². The Balaban J connectivity index is 1.57. The third-order valence-electron chi connectivity index (χ3n) is 5.37. The molecule has 0 radical (unpaired) electrons. The first kappa shape index (κ1) is 21.2. The van der Waals surface area contributed by atoms with Crippen molar-refractivity contribution in [2.75, 3.05) is 6.54 Å². The van der Waals surface area contributed by atoms with Gasteiger partial charge in [0.1, 0.15) is 6.54 Å². The van der Waals surface area contributed by atoms with Crippen LogP contribution >= 0.6 is 0 Å². The van der Waals surface area contributed by atoms with Crippen molar-refractivity contribution >= 4 is 23.6 Å². The van der Waals surface area contributed by atoms with E-state index in [1.165, 1.54) is 12.1 Å². The number of rotatable bonds is 6. The Morgan fingerprint density at radius 3 is 1.81 bits per heavy atom. The Bertz CT molecular complexity index is 1180. The Labute approximate surface area is 185 Å². The molecule has 1 atom stereocenters. The van der Waals surface area contributed by atoms with Crippen LogP contribution in [0, 0.1) is 13.8 Å². The predicted molar refractivity (Wildman–Crippen MR) is 117 cm³/mol. The van der Waals surface area contributed by atoms with Crippen molar-refractivity contribution in [3.05, 3.63) is 106 Å². The summed E-state index contributed by atoms with van der Waals surface area (Å²) in [5.74, 6) is -2.34. The van der Waals surface area contributed by atoms with Crippen molar-refractivity contribution in [2.24, 2.45) is 0 Å². The second-order valence-electron chi connectivity index (χ2n) is 7.75. The highest BCUT2D eigenvalue weighted by Crippen LogP contribution is 2.26. The first-order valence-electron chi connectivity index (χ1n) is 10.2. The molecule has 160 valence electrons. The van der Waals surface area contributed by atoms with Crippen LogP contribution in [0.5, 0.6) is 0 Å². The zero-order valence-electron chi connectivity index (χ0n) is 17.7. The van der Waals surface area contributed by atoms with Gasteiger partial charge >= 0.3 is 5.97 Å². The average molecular weight is 427 g/mol. The molecule has 6 heteroatoms. The summed E-state index contributed by atoms with van der Waals surface area (Å²) in [6, 6.07) is 20.4. The lowest BCUT2D eigenvalue weighted by atomic mass is 9.98. The summed E-state index contributed by atoms with van der Waals surface area (Å²) in [4.78, 5) is 51.9. The molecule has 1 aliphatic rings. The minimum atomic E-state index is -1.19. The van der Waals surface area contributed by atoms with Gasteiger partial charge in [-0.15, -0.1) is 0 Å². The van der Waals surface area contributed by atoms with Crippen molar-refractivity contribution in [1.29, 1.82) is 0 Å². The smallest absolute Gasteiger partial charge is 0.327 e. The number of fused-ring (bicyclic) bond motifs is 1. The SMILES string of the molecule is Cc1ccc(C(=O)C(OC(=O)CN2C(=O)c3ccccc3C2=O)c2ccc(C)cc2)cc1. The van der Waals surface area contributed by atoms with Gasteiger partial charge in [0, 0.05) is 11.1 Å². The number of nitrogens with zero attached hydrogens (tertiary/aromatic N) is 1. The lowest BCUT2D eigenvalue weighted by Crippen LogP contribution is -2.36. The van der Waals surface area contributed by atoms with E-state index in [9.17, 15) is 19.2 Å². The molecule has 0 aliphatic carbocycles. The van der Waals surface area contributed by atoms with E-state index in [0.29, 0.717) is 11.1 Å². The molecule has 0 N–H and O–H groups in total. The number of ether oxygens (including phenoxy) is 1. The third kappa shape index (κ3) is 4.07. The summed E-state index contributed by atoms with van der Waals surface area (Å²) in [5, 5.41) is 0. The highest BCUT2D eigenvalue weighted by Gasteiger charge is 2.37. The van der Waals surface area contributed by atoms with Crippen LogP contribution in [0.1, 0.15) is 53.9 Å². The van der Waals surface area contributed by atoms with Gasteiger partial charge in [0.05, 0.1) is 11.1 Å². The van der Waals surface area contributed by atoms with Gasteiger partial charge in [-0.2, -0.15) is 0 Å².